The molecule has 0 saturated carbocycles. The summed E-state index contributed by atoms with van der Waals surface area (Å²) < 4.78 is 5.29. The lowest BCUT2D eigenvalue weighted by Crippen LogP contribution is -2.28. The van der Waals surface area contributed by atoms with E-state index in [9.17, 15) is 4.79 Å². The van der Waals surface area contributed by atoms with Crippen LogP contribution < -0.4 is 4.74 Å². The van der Waals surface area contributed by atoms with Gasteiger partial charge in [-0.25, -0.2) is 4.79 Å². The number of hydrogen-bond donors (Lipinski definition) is 1. The third-order valence-electron chi connectivity index (χ3n) is 4.06. The molecule has 1 saturated heterocycles. The first-order valence-electron chi connectivity index (χ1n) is 7.46. The maximum absolute atomic E-state index is 10.7. The third kappa shape index (κ3) is 4.08. The molecule has 1 fully saturated rings. The number of ether oxygens (including phenoxy) is 1. The molecule has 0 spiro atoms. The second-order valence-corrected chi connectivity index (χ2v) is 5.42. The van der Waals surface area contributed by atoms with Crippen molar-refractivity contribution in [1.82, 2.24) is 4.90 Å². The Hall–Kier alpha value is -1.81. The molecule has 0 aromatic heterocycles. The van der Waals surface area contributed by atoms with Gasteiger partial charge in [0.05, 0.1) is 7.11 Å². The average molecular weight is 289 g/mol. The van der Waals surface area contributed by atoms with Crippen LogP contribution in [0.2, 0.25) is 0 Å². The van der Waals surface area contributed by atoms with E-state index in [1.54, 1.807) is 13.2 Å². The summed E-state index contributed by atoms with van der Waals surface area (Å²) in [5.74, 6) is -0.252. The molecule has 1 aliphatic rings. The van der Waals surface area contributed by atoms with Crippen molar-refractivity contribution in [2.45, 2.75) is 38.8 Å². The highest BCUT2D eigenvalue weighted by atomic mass is 16.5. The zero-order chi connectivity index (χ0) is 15.2. The van der Waals surface area contributed by atoms with Gasteiger partial charge in [-0.15, -0.1) is 0 Å². The second kappa shape index (κ2) is 7.27. The molecule has 1 atom stereocenters. The first-order chi connectivity index (χ1) is 10.1. The van der Waals surface area contributed by atoms with Crippen LogP contribution >= 0.6 is 0 Å². The summed E-state index contributed by atoms with van der Waals surface area (Å²) in [5.41, 5.74) is 2.01. The van der Waals surface area contributed by atoms with Crippen molar-refractivity contribution < 1.29 is 14.6 Å². The summed E-state index contributed by atoms with van der Waals surface area (Å²) in [6.45, 7) is 4.29. The van der Waals surface area contributed by atoms with Gasteiger partial charge in [0.25, 0.3) is 0 Å². The van der Waals surface area contributed by atoms with Gasteiger partial charge in [-0.1, -0.05) is 13.0 Å². The van der Waals surface area contributed by atoms with Gasteiger partial charge < -0.3 is 9.84 Å². The number of hydrogen-bond acceptors (Lipinski definition) is 3. The normalized spacial score (nSPS) is 19.2. The zero-order valence-electron chi connectivity index (χ0n) is 12.7. The molecule has 21 heavy (non-hydrogen) atoms. The second-order valence-electron chi connectivity index (χ2n) is 5.42. The van der Waals surface area contributed by atoms with Gasteiger partial charge in [-0.3, -0.25) is 4.90 Å². The van der Waals surface area contributed by atoms with Crippen LogP contribution in [-0.2, 0) is 11.3 Å². The highest BCUT2D eigenvalue weighted by molar-refractivity contribution is 5.86. The molecule has 1 aromatic rings. The maximum atomic E-state index is 10.7. The topological polar surface area (TPSA) is 49.8 Å². The van der Waals surface area contributed by atoms with Crippen molar-refractivity contribution >= 4 is 12.0 Å². The van der Waals surface area contributed by atoms with Gasteiger partial charge in [-0.05, 0) is 49.6 Å². The number of benzene rings is 1. The summed E-state index contributed by atoms with van der Waals surface area (Å²) in [6, 6.07) is 6.66. The van der Waals surface area contributed by atoms with Crippen molar-refractivity contribution in [1.29, 1.82) is 0 Å². The van der Waals surface area contributed by atoms with E-state index < -0.39 is 5.97 Å². The van der Waals surface area contributed by atoms with Gasteiger partial charge in [-0.2, -0.15) is 0 Å². The minimum atomic E-state index is -0.951. The number of aliphatic carboxylic acids is 1. The van der Waals surface area contributed by atoms with Crippen molar-refractivity contribution in [2.75, 3.05) is 13.7 Å². The average Bonchev–Trinajstić information content (AvgIpc) is 2.92. The van der Waals surface area contributed by atoms with E-state index in [0.29, 0.717) is 11.8 Å². The Kier molecular flexibility index (Phi) is 5.39. The molecule has 4 heteroatoms. The fourth-order valence-electron chi connectivity index (χ4n) is 2.97. The number of carboxylic acids is 1. The minimum absolute atomic E-state index is 0.671. The third-order valence-corrected chi connectivity index (χ3v) is 4.06. The molecule has 114 valence electrons. The van der Waals surface area contributed by atoms with Gasteiger partial charge in [0, 0.05) is 24.2 Å². The molecule has 1 unspecified atom stereocenters. The number of carboxylic acid groups (broad SMARTS) is 1. The van der Waals surface area contributed by atoms with E-state index in [2.05, 4.69) is 17.9 Å². The molecular weight excluding hydrogens is 266 g/mol. The molecule has 0 amide bonds. The fraction of sp³-hybridized carbons (Fsp3) is 0.471. The lowest BCUT2D eigenvalue weighted by molar-refractivity contribution is -0.131. The predicted molar refractivity (Wildman–Crippen MR) is 83.4 cm³/mol. The Balaban J connectivity index is 2.17. The highest BCUT2D eigenvalue weighted by Gasteiger charge is 2.22. The van der Waals surface area contributed by atoms with Gasteiger partial charge in [0.15, 0.2) is 0 Å². The number of likely N-dealkylation sites (tertiary alicyclic amines) is 1. The number of nitrogens with zero attached hydrogens (tertiary/aromatic N) is 1. The van der Waals surface area contributed by atoms with E-state index in [0.717, 1.165) is 24.7 Å². The standard InChI is InChI=1S/C17H23NO3/c1-3-15-5-4-10-18(15)12-13-6-8-16(21-2)14(11-13)7-9-17(19)20/h6-9,11,15H,3-5,10,12H2,1-2H3,(H,19,20). The van der Waals surface area contributed by atoms with Crippen molar-refractivity contribution in [3.8, 4) is 5.75 Å². The van der Waals surface area contributed by atoms with Gasteiger partial charge in [0.2, 0.25) is 0 Å². The molecule has 1 N–H and O–H groups in total. The van der Waals surface area contributed by atoms with Crippen molar-refractivity contribution in [3.63, 3.8) is 0 Å². The molecule has 1 aliphatic heterocycles. The quantitative estimate of drug-likeness (QED) is 0.817. The first-order valence-corrected chi connectivity index (χ1v) is 7.46. The molecule has 0 radical (unpaired) electrons. The summed E-state index contributed by atoms with van der Waals surface area (Å²) in [4.78, 5) is 13.2. The number of rotatable bonds is 6. The molecular formula is C17H23NO3. The first kappa shape index (κ1) is 15.6. The van der Waals surface area contributed by atoms with Crippen molar-refractivity contribution in [2.24, 2.45) is 0 Å². The molecule has 0 bridgehead atoms. The van der Waals surface area contributed by atoms with Gasteiger partial charge >= 0.3 is 5.97 Å². The van der Waals surface area contributed by atoms with Crippen LogP contribution in [0.5, 0.6) is 5.75 Å². The number of carbonyl (C=O) groups is 1. The summed E-state index contributed by atoms with van der Waals surface area (Å²) in [5, 5.41) is 8.77. The summed E-state index contributed by atoms with van der Waals surface area (Å²) in [7, 11) is 1.60. The SMILES string of the molecule is CCC1CCCN1Cc1ccc(OC)c(C=CC(=O)O)c1. The Morgan fingerprint density at radius 2 is 2.33 bits per heavy atom. The lowest BCUT2D eigenvalue weighted by atomic mass is 10.1. The summed E-state index contributed by atoms with van der Waals surface area (Å²) in [6.07, 6.45) is 6.46. The predicted octanol–water partition coefficient (Wildman–Crippen LogP) is 3.17. The Labute approximate surface area is 126 Å². The van der Waals surface area contributed by atoms with Crippen LogP contribution in [0.4, 0.5) is 0 Å². The number of methoxy groups -OCH3 is 1. The van der Waals surface area contributed by atoms with E-state index >= 15 is 0 Å². The van der Waals surface area contributed by atoms with E-state index in [-0.39, 0.29) is 0 Å². The van der Waals surface area contributed by atoms with Crippen LogP contribution in [0, 0.1) is 0 Å². The summed E-state index contributed by atoms with van der Waals surface area (Å²) >= 11 is 0. The minimum Gasteiger partial charge on any atom is -0.496 e. The van der Waals surface area contributed by atoms with E-state index in [4.69, 9.17) is 9.84 Å². The molecule has 2 rings (SSSR count). The van der Waals surface area contributed by atoms with E-state index in [1.165, 1.54) is 24.8 Å². The molecule has 1 aromatic carbocycles. The molecule has 1 heterocycles. The molecule has 4 nitrogen and oxygen atoms in total. The maximum Gasteiger partial charge on any atom is 0.328 e. The van der Waals surface area contributed by atoms with Crippen molar-refractivity contribution in [3.05, 3.63) is 35.4 Å². The van der Waals surface area contributed by atoms with Crippen LogP contribution in [0.25, 0.3) is 6.08 Å². The Morgan fingerprint density at radius 1 is 1.52 bits per heavy atom. The Morgan fingerprint density at radius 3 is 3.00 bits per heavy atom. The molecule has 0 aliphatic carbocycles. The monoisotopic (exact) mass is 289 g/mol. The highest BCUT2D eigenvalue weighted by Crippen LogP contribution is 2.26. The fourth-order valence-corrected chi connectivity index (χ4v) is 2.97. The van der Waals surface area contributed by atoms with Crippen LogP contribution in [0.1, 0.15) is 37.3 Å². The van der Waals surface area contributed by atoms with E-state index in [1.807, 2.05) is 12.1 Å². The van der Waals surface area contributed by atoms with Crippen LogP contribution in [0.3, 0.4) is 0 Å². The smallest absolute Gasteiger partial charge is 0.328 e. The zero-order valence-corrected chi connectivity index (χ0v) is 12.7. The van der Waals surface area contributed by atoms with Crippen LogP contribution in [-0.4, -0.2) is 35.7 Å². The Bertz CT molecular complexity index is 525. The lowest BCUT2D eigenvalue weighted by Gasteiger charge is -2.23. The largest absolute Gasteiger partial charge is 0.496 e. The van der Waals surface area contributed by atoms with Crippen LogP contribution in [0.15, 0.2) is 24.3 Å². The van der Waals surface area contributed by atoms with Gasteiger partial charge in [0.1, 0.15) is 5.75 Å².